The van der Waals surface area contributed by atoms with E-state index in [-0.39, 0.29) is 22.1 Å². The van der Waals surface area contributed by atoms with Gasteiger partial charge >= 0.3 is 5.97 Å². The van der Waals surface area contributed by atoms with E-state index in [0.29, 0.717) is 0 Å². The monoisotopic (exact) mass is 417 g/mol. The van der Waals surface area contributed by atoms with E-state index in [1.165, 1.54) is 11.8 Å². The molecule has 0 saturated carbocycles. The van der Waals surface area contributed by atoms with Crippen LogP contribution in [0.3, 0.4) is 0 Å². The maximum atomic E-state index is 12.8. The molecule has 1 heterocycles. The third kappa shape index (κ3) is 3.74. The normalized spacial score (nSPS) is 14.1. The zero-order valence-electron chi connectivity index (χ0n) is 16.0. The molecule has 0 aromatic heterocycles. The van der Waals surface area contributed by atoms with Crippen molar-refractivity contribution in [3.63, 3.8) is 0 Å². The summed E-state index contributed by atoms with van der Waals surface area (Å²) in [7, 11) is 0. The summed E-state index contributed by atoms with van der Waals surface area (Å²) in [6, 6.07) is 24.7. The van der Waals surface area contributed by atoms with Crippen LogP contribution in [0.1, 0.15) is 37.1 Å². The van der Waals surface area contributed by atoms with Gasteiger partial charge in [-0.25, -0.2) is 4.79 Å². The van der Waals surface area contributed by atoms with E-state index >= 15 is 0 Å². The molecule has 0 radical (unpaired) electrons. The summed E-state index contributed by atoms with van der Waals surface area (Å²) in [6.07, 6.45) is 0. The van der Waals surface area contributed by atoms with Crippen molar-refractivity contribution in [3.8, 4) is 0 Å². The zero-order chi connectivity index (χ0) is 21.1. The molecule has 2 amide bonds. The van der Waals surface area contributed by atoms with Crippen molar-refractivity contribution in [2.45, 2.75) is 11.3 Å². The lowest BCUT2D eigenvalue weighted by molar-refractivity contribution is -0.140. The summed E-state index contributed by atoms with van der Waals surface area (Å²) in [6.45, 7) is 0. The highest BCUT2D eigenvalue weighted by Gasteiger charge is 2.43. The fourth-order valence-corrected chi connectivity index (χ4v) is 4.94. The van der Waals surface area contributed by atoms with Crippen molar-refractivity contribution in [3.05, 3.63) is 107 Å². The minimum absolute atomic E-state index is 0.0786. The van der Waals surface area contributed by atoms with Crippen molar-refractivity contribution >= 4 is 29.5 Å². The Bertz CT molecular complexity index is 1010. The third-order valence-electron chi connectivity index (χ3n) is 5.05. The van der Waals surface area contributed by atoms with Gasteiger partial charge in [-0.3, -0.25) is 14.5 Å². The fourth-order valence-electron chi connectivity index (χ4n) is 3.58. The summed E-state index contributed by atoms with van der Waals surface area (Å²) >= 11 is 1.41. The van der Waals surface area contributed by atoms with Gasteiger partial charge in [-0.2, -0.15) is 0 Å². The van der Waals surface area contributed by atoms with Crippen molar-refractivity contribution in [1.29, 1.82) is 0 Å². The van der Waals surface area contributed by atoms with Crippen LogP contribution >= 0.6 is 11.8 Å². The van der Waals surface area contributed by atoms with Gasteiger partial charge in [0.1, 0.15) is 6.04 Å². The Labute approximate surface area is 178 Å². The van der Waals surface area contributed by atoms with E-state index in [0.717, 1.165) is 16.0 Å². The molecule has 5 nitrogen and oxygen atoms in total. The highest BCUT2D eigenvalue weighted by molar-refractivity contribution is 7.99. The minimum atomic E-state index is -1.25. The highest BCUT2D eigenvalue weighted by atomic mass is 32.2. The summed E-state index contributed by atoms with van der Waals surface area (Å²) in [5.41, 5.74) is 2.56. The number of thioether (sulfide) groups is 1. The van der Waals surface area contributed by atoms with Crippen molar-refractivity contribution in [2.75, 3.05) is 5.75 Å². The maximum Gasteiger partial charge on any atom is 0.327 e. The average Bonchev–Trinajstić information content (AvgIpc) is 3.03. The molecule has 0 fully saturated rings. The second kappa shape index (κ2) is 8.55. The van der Waals surface area contributed by atoms with Gasteiger partial charge in [-0.15, -0.1) is 11.8 Å². The van der Waals surface area contributed by atoms with Gasteiger partial charge in [0.05, 0.1) is 16.4 Å². The largest absolute Gasteiger partial charge is 0.480 e. The molecule has 0 spiro atoms. The molecular weight excluding hydrogens is 398 g/mol. The number of hydrogen-bond donors (Lipinski definition) is 1. The molecule has 3 aromatic rings. The van der Waals surface area contributed by atoms with Crippen LogP contribution < -0.4 is 0 Å². The van der Waals surface area contributed by atoms with Crippen LogP contribution in [0.15, 0.2) is 84.9 Å². The smallest absolute Gasteiger partial charge is 0.327 e. The van der Waals surface area contributed by atoms with E-state index in [1.54, 1.807) is 24.3 Å². The Hall–Kier alpha value is -3.38. The number of rotatable bonds is 7. The third-order valence-corrected chi connectivity index (χ3v) is 6.43. The Morgan fingerprint density at radius 2 is 1.20 bits per heavy atom. The van der Waals surface area contributed by atoms with Gasteiger partial charge in [0.2, 0.25) is 0 Å². The number of carbonyl (C=O) groups excluding carboxylic acids is 2. The quantitative estimate of drug-likeness (QED) is 0.582. The van der Waals surface area contributed by atoms with Crippen molar-refractivity contribution < 1.29 is 19.5 Å². The number of hydrogen-bond acceptors (Lipinski definition) is 4. The van der Waals surface area contributed by atoms with Gasteiger partial charge in [0.25, 0.3) is 11.8 Å². The van der Waals surface area contributed by atoms with E-state index in [2.05, 4.69) is 0 Å². The Kier molecular flexibility index (Phi) is 5.68. The number of aliphatic carboxylic acids is 1. The van der Waals surface area contributed by atoms with Crippen LogP contribution in [-0.4, -0.2) is 39.6 Å². The number of amides is 2. The second-order valence-corrected chi connectivity index (χ2v) is 8.05. The number of nitrogens with zero attached hydrogens (tertiary/aromatic N) is 1. The number of imide groups is 1. The number of fused-ring (bicyclic) bond motifs is 1. The molecule has 1 N–H and O–H groups in total. The maximum absolute atomic E-state index is 12.8. The minimum Gasteiger partial charge on any atom is -0.480 e. The van der Waals surface area contributed by atoms with Crippen LogP contribution in [0.4, 0.5) is 0 Å². The van der Waals surface area contributed by atoms with E-state index in [9.17, 15) is 19.5 Å². The predicted molar refractivity (Wildman–Crippen MR) is 116 cm³/mol. The van der Waals surface area contributed by atoms with Crippen LogP contribution in [0.25, 0.3) is 0 Å². The molecule has 30 heavy (non-hydrogen) atoms. The van der Waals surface area contributed by atoms with Crippen LogP contribution in [0.5, 0.6) is 0 Å². The molecule has 6 heteroatoms. The number of carbonyl (C=O) groups is 3. The number of benzene rings is 3. The molecular formula is C24H19NO4S. The molecule has 1 atom stereocenters. The molecule has 0 aliphatic carbocycles. The Morgan fingerprint density at radius 3 is 1.63 bits per heavy atom. The number of carboxylic acids is 1. The lowest BCUT2D eigenvalue weighted by Crippen LogP contribution is -2.46. The average molecular weight is 417 g/mol. The van der Waals surface area contributed by atoms with Gasteiger partial charge in [0, 0.05) is 5.75 Å². The molecule has 1 aliphatic rings. The number of carboxylic acid groups (broad SMARTS) is 1. The first-order valence-electron chi connectivity index (χ1n) is 9.49. The van der Waals surface area contributed by atoms with Gasteiger partial charge < -0.3 is 5.11 Å². The molecule has 1 aliphatic heterocycles. The van der Waals surface area contributed by atoms with Crippen LogP contribution in [0, 0.1) is 0 Å². The molecule has 1 unspecified atom stereocenters. The predicted octanol–water partition coefficient (Wildman–Crippen LogP) is 4.26. The van der Waals surface area contributed by atoms with E-state index in [1.807, 2.05) is 60.7 Å². The summed E-state index contributed by atoms with van der Waals surface area (Å²) in [4.78, 5) is 38.5. The van der Waals surface area contributed by atoms with Gasteiger partial charge in [0.15, 0.2) is 0 Å². The van der Waals surface area contributed by atoms with Gasteiger partial charge in [-0.05, 0) is 23.3 Å². The molecule has 0 saturated heterocycles. The fraction of sp³-hybridized carbons (Fsp3) is 0.125. The van der Waals surface area contributed by atoms with Gasteiger partial charge in [-0.1, -0.05) is 72.8 Å². The Balaban J connectivity index is 1.61. The van der Waals surface area contributed by atoms with Crippen LogP contribution in [-0.2, 0) is 4.79 Å². The molecule has 4 rings (SSSR count). The first kappa shape index (κ1) is 19.9. The second-order valence-electron chi connectivity index (χ2n) is 6.91. The topological polar surface area (TPSA) is 74.7 Å². The Morgan fingerprint density at radius 1 is 0.767 bits per heavy atom. The van der Waals surface area contributed by atoms with Crippen LogP contribution in [0.2, 0.25) is 0 Å². The van der Waals surface area contributed by atoms with E-state index in [4.69, 9.17) is 0 Å². The first-order valence-corrected chi connectivity index (χ1v) is 10.5. The first-order chi connectivity index (χ1) is 14.6. The molecule has 150 valence electrons. The SMILES string of the molecule is O=C(O)C(CSC(c1ccccc1)c1ccccc1)N1C(=O)c2ccccc2C1=O. The molecule has 0 bridgehead atoms. The summed E-state index contributed by atoms with van der Waals surface area (Å²) in [5, 5.41) is 9.72. The lowest BCUT2D eigenvalue weighted by Gasteiger charge is -2.25. The standard InChI is InChI=1S/C24H19NO4S/c26-22-18-13-7-8-14-19(18)23(27)25(22)20(24(28)29)15-30-21(16-9-3-1-4-10-16)17-11-5-2-6-12-17/h1-14,20-21H,15H2,(H,28,29). The van der Waals surface area contributed by atoms with Crippen molar-refractivity contribution in [2.24, 2.45) is 0 Å². The molecule has 3 aromatic carbocycles. The lowest BCUT2D eigenvalue weighted by atomic mass is 10.0. The van der Waals surface area contributed by atoms with E-state index < -0.39 is 23.8 Å². The zero-order valence-corrected chi connectivity index (χ0v) is 16.8. The summed E-state index contributed by atoms with van der Waals surface area (Å²) < 4.78 is 0. The highest BCUT2D eigenvalue weighted by Crippen LogP contribution is 2.37. The van der Waals surface area contributed by atoms with Crippen molar-refractivity contribution in [1.82, 2.24) is 4.90 Å². The summed E-state index contributed by atoms with van der Waals surface area (Å²) in [5.74, 6) is -2.23.